The topological polar surface area (TPSA) is 51.2 Å². The Labute approximate surface area is 66.4 Å². The number of nitrogens with two attached hydrogens (primary N) is 1. The van der Waals surface area contributed by atoms with Gasteiger partial charge in [-0.15, -0.1) is 0 Å². The van der Waals surface area contributed by atoms with Crippen molar-refractivity contribution >= 4 is 0 Å². The van der Waals surface area contributed by atoms with Crippen LogP contribution in [0.2, 0.25) is 0 Å². The summed E-state index contributed by atoms with van der Waals surface area (Å²) in [6.45, 7) is 1.79. The fraction of sp³-hybridized carbons (Fsp3) is 0.500. The van der Waals surface area contributed by atoms with Gasteiger partial charge in [0.2, 0.25) is 0 Å². The van der Waals surface area contributed by atoms with Crippen molar-refractivity contribution in [2.24, 2.45) is 12.8 Å². The lowest BCUT2D eigenvalue weighted by molar-refractivity contribution is 0.153. The van der Waals surface area contributed by atoms with Gasteiger partial charge in [0.05, 0.1) is 6.10 Å². The highest BCUT2D eigenvalue weighted by molar-refractivity contribution is 5.14. The molecule has 2 unspecified atom stereocenters. The van der Waals surface area contributed by atoms with Crippen LogP contribution in [-0.2, 0) is 7.05 Å². The van der Waals surface area contributed by atoms with Crippen molar-refractivity contribution in [3.63, 3.8) is 0 Å². The molecule has 0 aliphatic carbocycles. The van der Waals surface area contributed by atoms with Crippen molar-refractivity contribution in [2.45, 2.75) is 19.1 Å². The van der Waals surface area contributed by atoms with Crippen LogP contribution in [0, 0.1) is 0 Å². The summed E-state index contributed by atoms with van der Waals surface area (Å²) in [6, 6.07) is 1.66. The van der Waals surface area contributed by atoms with Crippen LogP contribution in [0.1, 0.15) is 18.6 Å². The van der Waals surface area contributed by atoms with Crippen molar-refractivity contribution in [3.8, 4) is 0 Å². The van der Waals surface area contributed by atoms with Gasteiger partial charge in [0.1, 0.15) is 0 Å². The monoisotopic (exact) mass is 154 g/mol. The third-order valence-electron chi connectivity index (χ3n) is 1.69. The van der Waals surface area contributed by atoms with Gasteiger partial charge in [0.15, 0.2) is 0 Å². The molecule has 62 valence electrons. The second-order valence-electron chi connectivity index (χ2n) is 2.91. The van der Waals surface area contributed by atoms with Gasteiger partial charge in [0.25, 0.3) is 0 Å². The Bertz CT molecular complexity index is 230. The molecule has 0 aliphatic heterocycles. The number of hydrogen-bond acceptors (Lipinski definition) is 2. The summed E-state index contributed by atoms with van der Waals surface area (Å²) >= 11 is 0. The Balaban J connectivity index is 2.76. The lowest BCUT2D eigenvalue weighted by Gasteiger charge is -2.11. The maximum absolute atomic E-state index is 9.47. The molecular weight excluding hydrogens is 140 g/mol. The van der Waals surface area contributed by atoms with Crippen LogP contribution >= 0.6 is 0 Å². The van der Waals surface area contributed by atoms with Gasteiger partial charge in [0, 0.05) is 25.5 Å². The van der Waals surface area contributed by atoms with Crippen LogP contribution in [0.25, 0.3) is 0 Å². The molecule has 0 radical (unpaired) electrons. The minimum Gasteiger partial charge on any atom is -0.387 e. The van der Waals surface area contributed by atoms with E-state index in [9.17, 15) is 5.11 Å². The molecule has 11 heavy (non-hydrogen) atoms. The van der Waals surface area contributed by atoms with Crippen LogP contribution in [0.5, 0.6) is 0 Å². The molecular formula is C8H14N2O. The molecule has 0 bridgehead atoms. The Morgan fingerprint density at radius 1 is 1.64 bits per heavy atom. The highest BCUT2D eigenvalue weighted by Crippen LogP contribution is 2.14. The van der Waals surface area contributed by atoms with Crippen LogP contribution in [0.3, 0.4) is 0 Å². The number of nitrogens with zero attached hydrogens (tertiary/aromatic N) is 1. The summed E-state index contributed by atoms with van der Waals surface area (Å²) in [7, 11) is 1.91. The van der Waals surface area contributed by atoms with Gasteiger partial charge in [-0.05, 0) is 18.6 Å². The zero-order valence-electron chi connectivity index (χ0n) is 6.86. The van der Waals surface area contributed by atoms with Crippen LogP contribution in [0.15, 0.2) is 18.5 Å². The predicted octanol–water partition coefficient (Wildman–Crippen LogP) is 0.406. The molecule has 0 aromatic carbocycles. The van der Waals surface area contributed by atoms with Crippen LogP contribution in [-0.4, -0.2) is 15.7 Å². The average Bonchev–Trinajstić information content (AvgIpc) is 2.34. The number of aliphatic hydroxyl groups is 1. The van der Waals surface area contributed by atoms with Gasteiger partial charge >= 0.3 is 0 Å². The zero-order chi connectivity index (χ0) is 8.43. The molecule has 0 fully saturated rings. The summed E-state index contributed by atoms with van der Waals surface area (Å²) in [6.07, 6.45) is 3.21. The van der Waals surface area contributed by atoms with Crippen molar-refractivity contribution in [2.75, 3.05) is 0 Å². The molecule has 0 aliphatic rings. The first-order valence-electron chi connectivity index (χ1n) is 3.67. The highest BCUT2D eigenvalue weighted by Gasteiger charge is 2.12. The van der Waals surface area contributed by atoms with E-state index in [0.29, 0.717) is 0 Å². The SMILES string of the molecule is CC(N)C(O)c1ccn(C)c1. The second kappa shape index (κ2) is 3.07. The molecule has 1 heterocycles. The Kier molecular flexibility index (Phi) is 2.31. The summed E-state index contributed by atoms with van der Waals surface area (Å²) in [5.74, 6) is 0. The first kappa shape index (κ1) is 8.30. The normalized spacial score (nSPS) is 16.4. The quantitative estimate of drug-likeness (QED) is 0.648. The Hall–Kier alpha value is -0.800. The van der Waals surface area contributed by atoms with E-state index in [0.717, 1.165) is 5.56 Å². The van der Waals surface area contributed by atoms with Gasteiger partial charge in [-0.25, -0.2) is 0 Å². The summed E-state index contributed by atoms with van der Waals surface area (Å²) in [4.78, 5) is 0. The fourth-order valence-electron chi connectivity index (χ4n) is 1.00. The minimum atomic E-state index is -0.545. The molecule has 1 aromatic heterocycles. The molecule has 1 rings (SSSR count). The van der Waals surface area contributed by atoms with E-state index >= 15 is 0 Å². The zero-order valence-corrected chi connectivity index (χ0v) is 6.86. The van der Waals surface area contributed by atoms with E-state index in [1.54, 1.807) is 6.92 Å². The predicted molar refractivity (Wildman–Crippen MR) is 44.0 cm³/mol. The first-order valence-corrected chi connectivity index (χ1v) is 3.67. The maximum Gasteiger partial charge on any atom is 0.0952 e. The fourth-order valence-corrected chi connectivity index (χ4v) is 1.00. The molecule has 3 N–H and O–H groups in total. The Morgan fingerprint density at radius 3 is 2.64 bits per heavy atom. The van der Waals surface area contributed by atoms with Crippen molar-refractivity contribution in [3.05, 3.63) is 24.0 Å². The van der Waals surface area contributed by atoms with Crippen molar-refractivity contribution in [1.82, 2.24) is 4.57 Å². The molecule has 3 heteroatoms. The summed E-state index contributed by atoms with van der Waals surface area (Å²) in [5, 5.41) is 9.47. The number of aryl methyl sites for hydroxylation is 1. The van der Waals surface area contributed by atoms with E-state index in [1.165, 1.54) is 0 Å². The van der Waals surface area contributed by atoms with E-state index in [-0.39, 0.29) is 6.04 Å². The molecule has 3 nitrogen and oxygen atoms in total. The first-order chi connectivity index (χ1) is 5.11. The van der Waals surface area contributed by atoms with E-state index < -0.39 is 6.10 Å². The highest BCUT2D eigenvalue weighted by atomic mass is 16.3. The van der Waals surface area contributed by atoms with E-state index in [4.69, 9.17) is 5.73 Å². The standard InChI is InChI=1S/C8H14N2O/c1-6(9)8(11)7-3-4-10(2)5-7/h3-6,8,11H,9H2,1-2H3. The molecule has 2 atom stereocenters. The molecule has 1 aromatic rings. The number of aromatic nitrogens is 1. The van der Waals surface area contributed by atoms with E-state index in [1.807, 2.05) is 30.1 Å². The molecule has 0 saturated heterocycles. The van der Waals surface area contributed by atoms with Crippen molar-refractivity contribution < 1.29 is 5.11 Å². The summed E-state index contributed by atoms with van der Waals surface area (Å²) < 4.78 is 1.89. The van der Waals surface area contributed by atoms with Crippen LogP contribution < -0.4 is 5.73 Å². The van der Waals surface area contributed by atoms with Gasteiger partial charge < -0.3 is 15.4 Å². The number of aliphatic hydroxyl groups excluding tert-OH is 1. The van der Waals surface area contributed by atoms with Gasteiger partial charge in [-0.3, -0.25) is 0 Å². The lowest BCUT2D eigenvalue weighted by Crippen LogP contribution is -2.23. The van der Waals surface area contributed by atoms with Crippen molar-refractivity contribution in [1.29, 1.82) is 0 Å². The summed E-state index contributed by atoms with van der Waals surface area (Å²) in [5.41, 5.74) is 6.40. The third-order valence-corrected chi connectivity index (χ3v) is 1.69. The minimum absolute atomic E-state index is 0.211. The third kappa shape index (κ3) is 1.82. The van der Waals surface area contributed by atoms with Crippen LogP contribution in [0.4, 0.5) is 0 Å². The second-order valence-corrected chi connectivity index (χ2v) is 2.91. The smallest absolute Gasteiger partial charge is 0.0952 e. The van der Waals surface area contributed by atoms with Gasteiger partial charge in [-0.1, -0.05) is 0 Å². The van der Waals surface area contributed by atoms with E-state index in [2.05, 4.69) is 0 Å². The molecule has 0 saturated carbocycles. The largest absolute Gasteiger partial charge is 0.387 e. The van der Waals surface area contributed by atoms with Gasteiger partial charge in [-0.2, -0.15) is 0 Å². The maximum atomic E-state index is 9.47. The average molecular weight is 154 g/mol. The lowest BCUT2D eigenvalue weighted by atomic mass is 10.1. The molecule has 0 amide bonds. The molecule has 0 spiro atoms. The number of hydrogen-bond donors (Lipinski definition) is 2. The number of rotatable bonds is 2. The Morgan fingerprint density at radius 2 is 2.27 bits per heavy atom.